The van der Waals surface area contributed by atoms with E-state index in [0.717, 1.165) is 0 Å². The molecule has 0 spiro atoms. The highest BCUT2D eigenvalue weighted by Gasteiger charge is 2.47. The zero-order valence-corrected chi connectivity index (χ0v) is 8.72. The number of aliphatic hydroxyl groups excluding tert-OH is 1. The third-order valence-corrected chi connectivity index (χ3v) is 2.86. The van der Waals surface area contributed by atoms with Crippen LogP contribution in [0.1, 0.15) is 13.3 Å². The standard InChI is InChI=1S/C10H16O5/c1-2-13-8(12)3-6-4-14-10-7(11)5-15-9(6)10/h6-7,9-11H,2-5H2,1H3. The van der Waals surface area contributed by atoms with Gasteiger partial charge in [-0.1, -0.05) is 0 Å². The number of aliphatic hydroxyl groups is 1. The van der Waals surface area contributed by atoms with Gasteiger partial charge in [0, 0.05) is 5.92 Å². The number of esters is 1. The molecule has 0 bridgehead atoms. The van der Waals surface area contributed by atoms with Crippen molar-refractivity contribution in [2.75, 3.05) is 19.8 Å². The van der Waals surface area contributed by atoms with Crippen LogP contribution in [-0.2, 0) is 19.0 Å². The Morgan fingerprint density at radius 3 is 2.87 bits per heavy atom. The van der Waals surface area contributed by atoms with E-state index >= 15 is 0 Å². The van der Waals surface area contributed by atoms with Crippen LogP contribution >= 0.6 is 0 Å². The van der Waals surface area contributed by atoms with Crippen molar-refractivity contribution in [1.82, 2.24) is 0 Å². The Morgan fingerprint density at radius 1 is 1.40 bits per heavy atom. The second kappa shape index (κ2) is 4.47. The monoisotopic (exact) mass is 216 g/mol. The van der Waals surface area contributed by atoms with Crippen LogP contribution in [0.3, 0.4) is 0 Å². The zero-order chi connectivity index (χ0) is 10.8. The van der Waals surface area contributed by atoms with Crippen molar-refractivity contribution in [2.24, 2.45) is 5.92 Å². The third kappa shape index (κ3) is 2.14. The lowest BCUT2D eigenvalue weighted by atomic mass is 9.98. The summed E-state index contributed by atoms with van der Waals surface area (Å²) in [5.74, 6) is -0.206. The van der Waals surface area contributed by atoms with Gasteiger partial charge in [0.05, 0.1) is 32.3 Å². The van der Waals surface area contributed by atoms with E-state index in [1.807, 2.05) is 0 Å². The largest absolute Gasteiger partial charge is 0.466 e. The van der Waals surface area contributed by atoms with Crippen LogP contribution in [0.15, 0.2) is 0 Å². The molecule has 2 aliphatic rings. The van der Waals surface area contributed by atoms with Crippen molar-refractivity contribution in [3.8, 4) is 0 Å². The van der Waals surface area contributed by atoms with Gasteiger partial charge in [0.15, 0.2) is 0 Å². The summed E-state index contributed by atoms with van der Waals surface area (Å²) < 4.78 is 15.7. The van der Waals surface area contributed by atoms with E-state index in [2.05, 4.69) is 0 Å². The highest BCUT2D eigenvalue weighted by molar-refractivity contribution is 5.69. The van der Waals surface area contributed by atoms with Gasteiger partial charge in [-0.05, 0) is 6.92 Å². The van der Waals surface area contributed by atoms with Gasteiger partial charge < -0.3 is 19.3 Å². The molecule has 0 aromatic rings. The minimum atomic E-state index is -0.554. The summed E-state index contributed by atoms with van der Waals surface area (Å²) in [6.07, 6.45) is -0.655. The second-order valence-corrected chi connectivity index (χ2v) is 3.93. The summed E-state index contributed by atoms with van der Waals surface area (Å²) in [6.45, 7) is 2.94. The van der Waals surface area contributed by atoms with Crippen LogP contribution in [0, 0.1) is 5.92 Å². The van der Waals surface area contributed by atoms with Crippen molar-refractivity contribution >= 4 is 5.97 Å². The molecule has 4 atom stereocenters. The molecular formula is C10H16O5. The first-order chi connectivity index (χ1) is 7.22. The summed E-state index contributed by atoms with van der Waals surface area (Å²) in [6, 6.07) is 0. The van der Waals surface area contributed by atoms with Crippen molar-refractivity contribution in [2.45, 2.75) is 31.7 Å². The van der Waals surface area contributed by atoms with Gasteiger partial charge in [-0.3, -0.25) is 4.79 Å². The van der Waals surface area contributed by atoms with Crippen LogP contribution < -0.4 is 0 Å². The molecule has 0 saturated carbocycles. The summed E-state index contributed by atoms with van der Waals surface area (Å²) in [7, 11) is 0. The van der Waals surface area contributed by atoms with E-state index in [1.54, 1.807) is 6.92 Å². The van der Waals surface area contributed by atoms with Crippen LogP contribution in [0.25, 0.3) is 0 Å². The molecule has 5 nitrogen and oxygen atoms in total. The fourth-order valence-corrected chi connectivity index (χ4v) is 2.17. The first-order valence-corrected chi connectivity index (χ1v) is 5.29. The molecule has 4 unspecified atom stereocenters. The fourth-order valence-electron chi connectivity index (χ4n) is 2.17. The molecule has 86 valence electrons. The molecule has 0 aromatic heterocycles. The first kappa shape index (κ1) is 10.9. The van der Waals surface area contributed by atoms with E-state index in [4.69, 9.17) is 14.2 Å². The van der Waals surface area contributed by atoms with Crippen molar-refractivity contribution < 1.29 is 24.1 Å². The maximum Gasteiger partial charge on any atom is 0.306 e. The SMILES string of the molecule is CCOC(=O)CC1COC2C(O)COC12. The van der Waals surface area contributed by atoms with Crippen molar-refractivity contribution in [3.63, 3.8) is 0 Å². The molecule has 0 aromatic carbocycles. The molecule has 2 heterocycles. The minimum Gasteiger partial charge on any atom is -0.466 e. The molecule has 15 heavy (non-hydrogen) atoms. The molecule has 2 fully saturated rings. The molecule has 5 heteroatoms. The van der Waals surface area contributed by atoms with Gasteiger partial charge in [-0.25, -0.2) is 0 Å². The lowest BCUT2D eigenvalue weighted by Crippen LogP contribution is -2.29. The molecule has 1 N–H and O–H groups in total. The molecule has 2 rings (SSSR count). The summed E-state index contributed by atoms with van der Waals surface area (Å²) in [5.41, 5.74) is 0. The highest BCUT2D eigenvalue weighted by Crippen LogP contribution is 2.33. The van der Waals surface area contributed by atoms with Crippen LogP contribution in [0.5, 0.6) is 0 Å². The number of hydrogen-bond acceptors (Lipinski definition) is 5. The smallest absolute Gasteiger partial charge is 0.306 e. The average Bonchev–Trinajstić information content (AvgIpc) is 2.72. The average molecular weight is 216 g/mol. The molecular weight excluding hydrogens is 200 g/mol. The quantitative estimate of drug-likeness (QED) is 0.657. The van der Waals surface area contributed by atoms with Crippen molar-refractivity contribution in [1.29, 1.82) is 0 Å². The third-order valence-electron chi connectivity index (χ3n) is 2.86. The summed E-state index contributed by atoms with van der Waals surface area (Å²) in [5, 5.41) is 9.49. The number of carbonyl (C=O) groups excluding carboxylic acids is 1. The van der Waals surface area contributed by atoms with E-state index in [1.165, 1.54) is 0 Å². The number of carbonyl (C=O) groups is 1. The second-order valence-electron chi connectivity index (χ2n) is 3.93. The van der Waals surface area contributed by atoms with E-state index < -0.39 is 6.10 Å². The number of hydrogen-bond donors (Lipinski definition) is 1. The normalized spacial score (nSPS) is 39.1. The van der Waals surface area contributed by atoms with E-state index in [0.29, 0.717) is 26.2 Å². The van der Waals surface area contributed by atoms with E-state index in [-0.39, 0.29) is 24.1 Å². The first-order valence-electron chi connectivity index (χ1n) is 5.29. The van der Waals surface area contributed by atoms with Gasteiger partial charge in [0.25, 0.3) is 0 Å². The minimum absolute atomic E-state index is 0.0196. The van der Waals surface area contributed by atoms with Crippen LogP contribution in [-0.4, -0.2) is 49.2 Å². The van der Waals surface area contributed by atoms with Gasteiger partial charge in [-0.2, -0.15) is 0 Å². The summed E-state index contributed by atoms with van der Waals surface area (Å²) >= 11 is 0. The Labute approximate surface area is 88.3 Å². The zero-order valence-electron chi connectivity index (χ0n) is 8.72. The Hall–Kier alpha value is -0.650. The van der Waals surface area contributed by atoms with Gasteiger partial charge in [0.2, 0.25) is 0 Å². The Bertz CT molecular complexity index is 242. The lowest BCUT2D eigenvalue weighted by Gasteiger charge is -2.14. The predicted molar refractivity (Wildman–Crippen MR) is 50.2 cm³/mol. The Morgan fingerprint density at radius 2 is 2.13 bits per heavy atom. The molecule has 2 saturated heterocycles. The van der Waals surface area contributed by atoms with E-state index in [9.17, 15) is 9.90 Å². The number of fused-ring (bicyclic) bond motifs is 1. The highest BCUT2D eigenvalue weighted by atomic mass is 16.6. The fraction of sp³-hybridized carbons (Fsp3) is 0.900. The summed E-state index contributed by atoms with van der Waals surface area (Å²) in [4.78, 5) is 11.3. The molecule has 0 radical (unpaired) electrons. The molecule has 0 aliphatic carbocycles. The lowest BCUT2D eigenvalue weighted by molar-refractivity contribution is -0.145. The predicted octanol–water partition coefficient (Wildman–Crippen LogP) is -0.286. The van der Waals surface area contributed by atoms with Crippen molar-refractivity contribution in [3.05, 3.63) is 0 Å². The maximum atomic E-state index is 11.3. The van der Waals surface area contributed by atoms with Gasteiger partial charge >= 0.3 is 5.97 Å². The maximum absolute atomic E-state index is 11.3. The Kier molecular flexibility index (Phi) is 3.23. The number of rotatable bonds is 3. The van der Waals surface area contributed by atoms with Crippen LogP contribution in [0.2, 0.25) is 0 Å². The molecule has 0 amide bonds. The van der Waals surface area contributed by atoms with Crippen LogP contribution in [0.4, 0.5) is 0 Å². The van der Waals surface area contributed by atoms with Gasteiger partial charge in [-0.15, -0.1) is 0 Å². The molecule has 2 aliphatic heterocycles. The number of ether oxygens (including phenoxy) is 3. The Balaban J connectivity index is 1.87. The van der Waals surface area contributed by atoms with Gasteiger partial charge in [0.1, 0.15) is 12.2 Å². The topological polar surface area (TPSA) is 65.0 Å².